The lowest BCUT2D eigenvalue weighted by Crippen LogP contribution is -2.41. The maximum Gasteiger partial charge on any atom is 0.241 e. The van der Waals surface area contributed by atoms with E-state index in [9.17, 15) is 13.2 Å². The monoisotopic (exact) mass is 432 g/mol. The van der Waals surface area contributed by atoms with Crippen LogP contribution in [0.5, 0.6) is 11.5 Å². The summed E-state index contributed by atoms with van der Waals surface area (Å²) in [6, 6.07) is 10.8. The van der Waals surface area contributed by atoms with Crippen molar-refractivity contribution in [1.29, 1.82) is 0 Å². The Bertz CT molecular complexity index is 1040. The molecule has 3 rings (SSSR count). The first-order valence-corrected chi connectivity index (χ1v) is 11.7. The molecule has 0 aromatic heterocycles. The van der Waals surface area contributed by atoms with Crippen molar-refractivity contribution in [3.05, 3.63) is 53.1 Å². The van der Waals surface area contributed by atoms with Gasteiger partial charge in [-0.3, -0.25) is 9.10 Å². The molecule has 0 spiro atoms. The van der Waals surface area contributed by atoms with E-state index >= 15 is 0 Å². The standard InChI is InChI=1S/C22H28N2O5S/c1-15(17-9-8-16-6-5-7-18(16)12-17)23-22(25)14-24(30(4,26)27)19-10-11-20(28-2)21(13-19)29-3/h8-13,15H,5-7,14H2,1-4H3,(H,23,25). The summed E-state index contributed by atoms with van der Waals surface area (Å²) in [7, 11) is -0.721. The first kappa shape index (κ1) is 22.0. The number of anilines is 1. The van der Waals surface area contributed by atoms with Gasteiger partial charge in [0, 0.05) is 6.07 Å². The van der Waals surface area contributed by atoms with Crippen molar-refractivity contribution in [3.8, 4) is 11.5 Å². The zero-order valence-corrected chi connectivity index (χ0v) is 18.6. The molecule has 0 radical (unpaired) electrons. The fourth-order valence-corrected chi connectivity index (χ4v) is 4.59. The molecule has 1 N–H and O–H groups in total. The highest BCUT2D eigenvalue weighted by atomic mass is 32.2. The lowest BCUT2D eigenvalue weighted by atomic mass is 10.0. The number of nitrogens with zero attached hydrogens (tertiary/aromatic N) is 1. The van der Waals surface area contributed by atoms with Crippen LogP contribution in [0.15, 0.2) is 36.4 Å². The number of amides is 1. The minimum atomic E-state index is -3.69. The maximum absolute atomic E-state index is 12.7. The first-order valence-electron chi connectivity index (χ1n) is 9.83. The van der Waals surface area contributed by atoms with Gasteiger partial charge in [0.05, 0.1) is 32.2 Å². The van der Waals surface area contributed by atoms with Gasteiger partial charge < -0.3 is 14.8 Å². The number of nitrogens with one attached hydrogen (secondary N) is 1. The molecule has 2 aromatic rings. The molecule has 7 nitrogen and oxygen atoms in total. The van der Waals surface area contributed by atoms with E-state index < -0.39 is 10.0 Å². The van der Waals surface area contributed by atoms with Crippen molar-refractivity contribution >= 4 is 21.6 Å². The number of benzene rings is 2. The fourth-order valence-electron chi connectivity index (χ4n) is 3.74. The van der Waals surface area contributed by atoms with Crippen LogP contribution in [0.25, 0.3) is 0 Å². The summed E-state index contributed by atoms with van der Waals surface area (Å²) in [5.41, 5.74) is 4.04. The third kappa shape index (κ3) is 4.87. The fraction of sp³-hybridized carbons (Fsp3) is 0.409. The van der Waals surface area contributed by atoms with Crippen LogP contribution >= 0.6 is 0 Å². The van der Waals surface area contributed by atoms with E-state index in [1.54, 1.807) is 12.1 Å². The summed E-state index contributed by atoms with van der Waals surface area (Å²) in [4.78, 5) is 12.7. The minimum absolute atomic E-state index is 0.227. The van der Waals surface area contributed by atoms with Gasteiger partial charge in [-0.25, -0.2) is 8.42 Å². The summed E-state index contributed by atoms with van der Waals surface area (Å²) < 4.78 is 36.3. The van der Waals surface area contributed by atoms with Gasteiger partial charge in [-0.05, 0) is 55.0 Å². The van der Waals surface area contributed by atoms with E-state index in [1.807, 2.05) is 13.0 Å². The van der Waals surface area contributed by atoms with E-state index in [-0.39, 0.29) is 18.5 Å². The number of rotatable bonds is 8. The normalized spacial score (nSPS) is 14.0. The highest BCUT2D eigenvalue weighted by molar-refractivity contribution is 7.92. The highest BCUT2D eigenvalue weighted by Gasteiger charge is 2.23. The molecule has 1 aliphatic rings. The average Bonchev–Trinajstić information content (AvgIpc) is 3.18. The number of methoxy groups -OCH3 is 2. The number of sulfonamides is 1. The van der Waals surface area contributed by atoms with Crippen LogP contribution in [-0.2, 0) is 27.7 Å². The Morgan fingerprint density at radius 2 is 1.77 bits per heavy atom. The summed E-state index contributed by atoms with van der Waals surface area (Å²) in [6.07, 6.45) is 4.39. The second-order valence-corrected chi connectivity index (χ2v) is 9.39. The topological polar surface area (TPSA) is 84.9 Å². The van der Waals surface area contributed by atoms with E-state index in [0.717, 1.165) is 35.4 Å². The number of hydrogen-bond donors (Lipinski definition) is 1. The molecule has 0 aliphatic heterocycles. The molecule has 1 amide bonds. The quantitative estimate of drug-likeness (QED) is 0.693. The molecule has 0 saturated carbocycles. The van der Waals surface area contributed by atoms with Gasteiger partial charge >= 0.3 is 0 Å². The van der Waals surface area contributed by atoms with Crippen LogP contribution in [0.3, 0.4) is 0 Å². The van der Waals surface area contributed by atoms with Crippen molar-refractivity contribution in [3.63, 3.8) is 0 Å². The van der Waals surface area contributed by atoms with E-state index in [2.05, 4.69) is 17.4 Å². The zero-order valence-electron chi connectivity index (χ0n) is 17.8. The van der Waals surface area contributed by atoms with Crippen molar-refractivity contribution in [1.82, 2.24) is 5.32 Å². The van der Waals surface area contributed by atoms with Crippen molar-refractivity contribution in [2.24, 2.45) is 0 Å². The predicted molar refractivity (Wildman–Crippen MR) is 117 cm³/mol. The highest BCUT2D eigenvalue weighted by Crippen LogP contribution is 2.32. The molecular formula is C22H28N2O5S. The van der Waals surface area contributed by atoms with Gasteiger partial charge in [-0.1, -0.05) is 18.2 Å². The molecule has 0 fully saturated rings. The Balaban J connectivity index is 1.76. The summed E-state index contributed by atoms with van der Waals surface area (Å²) in [5.74, 6) is 0.475. The smallest absolute Gasteiger partial charge is 0.241 e. The molecular weight excluding hydrogens is 404 g/mol. The lowest BCUT2D eigenvalue weighted by Gasteiger charge is -2.24. The molecule has 30 heavy (non-hydrogen) atoms. The third-order valence-electron chi connectivity index (χ3n) is 5.34. The first-order chi connectivity index (χ1) is 14.2. The van der Waals surface area contributed by atoms with Gasteiger partial charge in [0.15, 0.2) is 11.5 Å². The largest absolute Gasteiger partial charge is 0.493 e. The van der Waals surface area contributed by atoms with Gasteiger partial charge in [0.1, 0.15) is 6.54 Å². The van der Waals surface area contributed by atoms with E-state index in [0.29, 0.717) is 17.2 Å². The van der Waals surface area contributed by atoms with Gasteiger partial charge in [-0.15, -0.1) is 0 Å². The average molecular weight is 433 g/mol. The van der Waals surface area contributed by atoms with Crippen LogP contribution in [-0.4, -0.2) is 41.3 Å². The molecule has 0 bridgehead atoms. The van der Waals surface area contributed by atoms with Gasteiger partial charge in [-0.2, -0.15) is 0 Å². The van der Waals surface area contributed by atoms with Crippen LogP contribution in [0.4, 0.5) is 5.69 Å². The Morgan fingerprint density at radius 1 is 1.07 bits per heavy atom. The van der Waals surface area contributed by atoms with Crippen LogP contribution in [0.2, 0.25) is 0 Å². The number of ether oxygens (including phenoxy) is 2. The third-order valence-corrected chi connectivity index (χ3v) is 6.48. The molecule has 0 heterocycles. The Hall–Kier alpha value is -2.74. The Labute approximate surface area is 178 Å². The molecule has 1 unspecified atom stereocenters. The zero-order chi connectivity index (χ0) is 21.9. The predicted octanol–water partition coefficient (Wildman–Crippen LogP) is 2.84. The van der Waals surface area contributed by atoms with E-state index in [1.165, 1.54) is 31.4 Å². The second kappa shape index (κ2) is 8.95. The Morgan fingerprint density at radius 3 is 2.43 bits per heavy atom. The minimum Gasteiger partial charge on any atom is -0.493 e. The van der Waals surface area contributed by atoms with Crippen molar-refractivity contribution < 1.29 is 22.7 Å². The molecule has 162 valence electrons. The molecule has 0 saturated heterocycles. The van der Waals surface area contributed by atoms with Crippen molar-refractivity contribution in [2.75, 3.05) is 31.3 Å². The number of carbonyl (C=O) groups excluding carboxylic acids is 1. The SMILES string of the molecule is COc1ccc(N(CC(=O)NC(C)c2ccc3c(c2)CCC3)S(C)(=O)=O)cc1OC. The van der Waals surface area contributed by atoms with Crippen LogP contribution in [0, 0.1) is 0 Å². The van der Waals surface area contributed by atoms with Crippen LogP contribution < -0.4 is 19.1 Å². The molecule has 1 atom stereocenters. The number of aryl methyl sites for hydroxylation is 2. The van der Waals surface area contributed by atoms with Crippen molar-refractivity contribution in [2.45, 2.75) is 32.2 Å². The van der Waals surface area contributed by atoms with Gasteiger partial charge in [0.25, 0.3) is 0 Å². The number of carbonyl (C=O) groups is 1. The number of hydrogen-bond acceptors (Lipinski definition) is 5. The lowest BCUT2D eigenvalue weighted by molar-refractivity contribution is -0.120. The second-order valence-electron chi connectivity index (χ2n) is 7.48. The molecule has 1 aliphatic carbocycles. The molecule has 8 heteroatoms. The van der Waals surface area contributed by atoms with Gasteiger partial charge in [0.2, 0.25) is 15.9 Å². The maximum atomic E-state index is 12.7. The Kier molecular flexibility index (Phi) is 6.55. The summed E-state index contributed by atoms with van der Waals surface area (Å²) >= 11 is 0. The number of fused-ring (bicyclic) bond motifs is 1. The summed E-state index contributed by atoms with van der Waals surface area (Å²) in [6.45, 7) is 1.57. The van der Waals surface area contributed by atoms with E-state index in [4.69, 9.17) is 9.47 Å². The molecule has 2 aromatic carbocycles. The van der Waals surface area contributed by atoms with Crippen LogP contribution in [0.1, 0.15) is 36.1 Å². The summed E-state index contributed by atoms with van der Waals surface area (Å²) in [5, 5.41) is 2.91.